The van der Waals surface area contributed by atoms with Crippen LogP contribution in [0.5, 0.6) is 5.75 Å². The number of rotatable bonds is 4. The van der Waals surface area contributed by atoms with Crippen LogP contribution in [0.1, 0.15) is 33.1 Å². The van der Waals surface area contributed by atoms with E-state index in [-0.39, 0.29) is 0 Å². The molecule has 5 heteroatoms. The largest absolute Gasteiger partial charge is 0.487 e. The maximum Gasteiger partial charge on any atom is 0.197 e. The third-order valence-corrected chi connectivity index (χ3v) is 3.77. The maximum absolute atomic E-state index is 5.76. The molecule has 1 aromatic heterocycles. The van der Waals surface area contributed by atoms with Crippen molar-refractivity contribution in [2.75, 3.05) is 17.7 Å². The van der Waals surface area contributed by atoms with Crippen molar-refractivity contribution >= 4 is 22.4 Å². The lowest BCUT2D eigenvalue weighted by molar-refractivity contribution is 0.344. The molecule has 2 atom stereocenters. The summed E-state index contributed by atoms with van der Waals surface area (Å²) in [5, 5.41) is 4.48. The van der Waals surface area contributed by atoms with Gasteiger partial charge in [-0.25, -0.2) is 0 Å². The van der Waals surface area contributed by atoms with Crippen LogP contribution in [0.4, 0.5) is 10.8 Å². The number of nitrogens with one attached hydrogen (secondary N) is 1. The van der Waals surface area contributed by atoms with Gasteiger partial charge < -0.3 is 15.8 Å². The van der Waals surface area contributed by atoms with E-state index in [2.05, 4.69) is 16.6 Å². The summed E-state index contributed by atoms with van der Waals surface area (Å²) in [4.78, 5) is 0. The molecule has 0 saturated heterocycles. The first kappa shape index (κ1) is 11.5. The first-order valence-electron chi connectivity index (χ1n) is 5.85. The van der Waals surface area contributed by atoms with Crippen molar-refractivity contribution in [1.82, 2.24) is 4.37 Å². The topological polar surface area (TPSA) is 60.2 Å². The van der Waals surface area contributed by atoms with Crippen molar-refractivity contribution in [2.45, 2.75) is 39.2 Å². The molecule has 1 aliphatic rings. The molecule has 1 heterocycles. The molecule has 2 rings (SSSR count). The number of hydrogen-bond acceptors (Lipinski definition) is 5. The summed E-state index contributed by atoms with van der Waals surface area (Å²) < 4.78 is 9.63. The molecule has 1 aliphatic carbocycles. The van der Waals surface area contributed by atoms with Crippen LogP contribution in [0, 0.1) is 5.92 Å². The van der Waals surface area contributed by atoms with Crippen LogP contribution in [0.2, 0.25) is 0 Å². The zero-order chi connectivity index (χ0) is 11.5. The third kappa shape index (κ3) is 2.40. The molecule has 16 heavy (non-hydrogen) atoms. The monoisotopic (exact) mass is 241 g/mol. The average molecular weight is 241 g/mol. The summed E-state index contributed by atoms with van der Waals surface area (Å²) in [6.07, 6.45) is 3.75. The first-order valence-corrected chi connectivity index (χ1v) is 6.62. The fourth-order valence-corrected chi connectivity index (χ4v) is 2.93. The molecule has 1 fully saturated rings. The van der Waals surface area contributed by atoms with E-state index in [4.69, 9.17) is 10.5 Å². The molecule has 3 N–H and O–H groups in total. The van der Waals surface area contributed by atoms with E-state index in [1.54, 1.807) is 0 Å². The molecule has 2 unspecified atom stereocenters. The van der Waals surface area contributed by atoms with Crippen LogP contribution in [0.3, 0.4) is 0 Å². The quantitative estimate of drug-likeness (QED) is 0.851. The van der Waals surface area contributed by atoms with E-state index < -0.39 is 0 Å². The lowest BCUT2D eigenvalue weighted by Gasteiger charge is -2.13. The summed E-state index contributed by atoms with van der Waals surface area (Å²) in [6, 6.07) is 0.550. The Hall–Kier alpha value is -0.970. The van der Waals surface area contributed by atoms with Gasteiger partial charge in [0.25, 0.3) is 0 Å². The number of hydrogen-bond donors (Lipinski definition) is 2. The molecule has 90 valence electrons. The molecule has 0 spiro atoms. The highest BCUT2D eigenvalue weighted by molar-refractivity contribution is 7.11. The summed E-state index contributed by atoms with van der Waals surface area (Å²) in [5.74, 6) is 2.05. The molecule has 0 radical (unpaired) electrons. The molecule has 4 nitrogen and oxygen atoms in total. The Labute approximate surface area is 100 Å². The van der Waals surface area contributed by atoms with Crippen LogP contribution < -0.4 is 15.8 Å². The van der Waals surface area contributed by atoms with Gasteiger partial charge >= 0.3 is 0 Å². The zero-order valence-corrected chi connectivity index (χ0v) is 10.6. The lowest BCUT2D eigenvalue weighted by atomic mass is 10.1. The predicted octanol–water partition coefficient (Wildman–Crippen LogP) is 2.72. The Morgan fingerprint density at radius 2 is 2.38 bits per heavy atom. The van der Waals surface area contributed by atoms with E-state index in [1.807, 2.05) is 6.92 Å². The second-order valence-corrected chi connectivity index (χ2v) is 5.19. The number of aromatic nitrogens is 1. The van der Waals surface area contributed by atoms with Gasteiger partial charge in [-0.3, -0.25) is 0 Å². The second-order valence-electron chi connectivity index (χ2n) is 4.42. The minimum absolute atomic E-state index is 0.500. The molecular formula is C11H19N3OS. The highest BCUT2D eigenvalue weighted by Gasteiger charge is 2.23. The summed E-state index contributed by atoms with van der Waals surface area (Å²) in [6.45, 7) is 4.88. The third-order valence-electron chi connectivity index (χ3n) is 2.99. The van der Waals surface area contributed by atoms with E-state index in [9.17, 15) is 0 Å². The summed E-state index contributed by atoms with van der Waals surface area (Å²) >= 11 is 1.39. The Bertz CT molecular complexity index is 353. The van der Waals surface area contributed by atoms with Crippen molar-refractivity contribution in [1.29, 1.82) is 0 Å². The predicted molar refractivity (Wildman–Crippen MR) is 68.1 cm³/mol. The number of nitrogen functional groups attached to an aromatic ring is 1. The second kappa shape index (κ2) is 4.91. The number of nitrogens with two attached hydrogens (primary N) is 1. The van der Waals surface area contributed by atoms with E-state index in [1.165, 1.54) is 30.8 Å². The van der Waals surface area contributed by atoms with Gasteiger partial charge in [0.05, 0.1) is 6.61 Å². The van der Waals surface area contributed by atoms with Gasteiger partial charge in [-0.15, -0.1) is 0 Å². The standard InChI is InChI=1S/C11H19N3OS/c1-3-15-9-10(12)14-16-11(9)13-8-5-4-7(2)6-8/h7-8,13H,3-6H2,1-2H3,(H2,12,14). The van der Waals surface area contributed by atoms with E-state index in [0.717, 1.165) is 16.7 Å². The van der Waals surface area contributed by atoms with Crippen LogP contribution in [-0.4, -0.2) is 17.0 Å². The fourth-order valence-electron chi connectivity index (χ4n) is 2.19. The Morgan fingerprint density at radius 1 is 1.56 bits per heavy atom. The molecule has 0 aromatic carbocycles. The van der Waals surface area contributed by atoms with Gasteiger partial charge in [0.1, 0.15) is 0 Å². The maximum atomic E-state index is 5.76. The minimum atomic E-state index is 0.500. The smallest absolute Gasteiger partial charge is 0.197 e. The normalized spacial score (nSPS) is 24.6. The van der Waals surface area contributed by atoms with Gasteiger partial charge in [0.2, 0.25) is 0 Å². The van der Waals surface area contributed by atoms with E-state index in [0.29, 0.717) is 18.5 Å². The average Bonchev–Trinajstić information content (AvgIpc) is 2.79. The molecular weight excluding hydrogens is 222 g/mol. The van der Waals surface area contributed by atoms with Crippen molar-refractivity contribution < 1.29 is 4.74 Å². The summed E-state index contributed by atoms with van der Waals surface area (Å²) in [7, 11) is 0. The van der Waals surface area contributed by atoms with Crippen molar-refractivity contribution in [3.8, 4) is 5.75 Å². The summed E-state index contributed by atoms with van der Waals surface area (Å²) in [5.41, 5.74) is 5.76. The number of ether oxygens (including phenoxy) is 1. The Morgan fingerprint density at radius 3 is 3.00 bits per heavy atom. The van der Waals surface area contributed by atoms with Crippen LogP contribution in [0.25, 0.3) is 0 Å². The van der Waals surface area contributed by atoms with Crippen LogP contribution in [-0.2, 0) is 0 Å². The van der Waals surface area contributed by atoms with Gasteiger partial charge in [0.15, 0.2) is 16.6 Å². The van der Waals surface area contributed by atoms with E-state index >= 15 is 0 Å². The Kier molecular flexibility index (Phi) is 3.53. The van der Waals surface area contributed by atoms with Gasteiger partial charge in [0, 0.05) is 6.04 Å². The molecule has 1 aromatic rings. The molecule has 0 aliphatic heterocycles. The zero-order valence-electron chi connectivity index (χ0n) is 9.82. The van der Waals surface area contributed by atoms with Crippen LogP contribution in [0.15, 0.2) is 0 Å². The molecule has 0 bridgehead atoms. The molecule has 1 saturated carbocycles. The number of anilines is 2. The van der Waals surface area contributed by atoms with Crippen molar-refractivity contribution in [2.24, 2.45) is 5.92 Å². The van der Waals surface area contributed by atoms with Gasteiger partial charge in [-0.1, -0.05) is 6.92 Å². The van der Waals surface area contributed by atoms with Gasteiger partial charge in [-0.2, -0.15) is 4.37 Å². The van der Waals surface area contributed by atoms with Crippen molar-refractivity contribution in [3.63, 3.8) is 0 Å². The van der Waals surface area contributed by atoms with Crippen LogP contribution >= 0.6 is 11.5 Å². The minimum Gasteiger partial charge on any atom is -0.487 e. The first-order chi connectivity index (χ1) is 7.70. The number of nitrogens with zero attached hydrogens (tertiary/aromatic N) is 1. The SMILES string of the molecule is CCOc1c(N)nsc1NC1CCC(C)C1. The highest BCUT2D eigenvalue weighted by Crippen LogP contribution is 2.38. The Balaban J connectivity index is 2.03. The lowest BCUT2D eigenvalue weighted by Crippen LogP contribution is -2.15. The highest BCUT2D eigenvalue weighted by atomic mass is 32.1. The van der Waals surface area contributed by atoms with Crippen molar-refractivity contribution in [3.05, 3.63) is 0 Å². The van der Waals surface area contributed by atoms with Gasteiger partial charge in [-0.05, 0) is 43.6 Å². The molecule has 0 amide bonds. The fraction of sp³-hybridized carbons (Fsp3) is 0.727.